The average Bonchev–Trinajstić information content (AvgIpc) is 2.46. The molecule has 2 aromatic carbocycles. The third-order valence-corrected chi connectivity index (χ3v) is 2.90. The fourth-order valence-electron chi connectivity index (χ4n) is 1.98. The van der Waals surface area contributed by atoms with Crippen LogP contribution in [0, 0.1) is 0 Å². The molecule has 0 heterocycles. The molecule has 5 heteroatoms. The summed E-state index contributed by atoms with van der Waals surface area (Å²) in [5.74, 6) is 0.453. The Morgan fingerprint density at radius 1 is 1.10 bits per heavy atom. The topological polar surface area (TPSA) is 26.3 Å². The second kappa shape index (κ2) is 5.99. The molecule has 0 fully saturated rings. The Bertz CT molecular complexity index is 648. The summed E-state index contributed by atoms with van der Waals surface area (Å²) in [4.78, 5) is 10.9. The maximum Gasteiger partial charge on any atom is 0.416 e. The van der Waals surface area contributed by atoms with Crippen LogP contribution in [0.4, 0.5) is 13.2 Å². The van der Waals surface area contributed by atoms with Gasteiger partial charge in [0.15, 0.2) is 0 Å². The van der Waals surface area contributed by atoms with Crippen molar-refractivity contribution in [1.29, 1.82) is 0 Å². The first kappa shape index (κ1) is 15.1. The lowest BCUT2D eigenvalue weighted by atomic mass is 10.0. The number of benzene rings is 2. The van der Waals surface area contributed by atoms with Crippen molar-refractivity contribution in [3.8, 4) is 16.9 Å². The predicted octanol–water partition coefficient (Wildman–Crippen LogP) is 4.58. The van der Waals surface area contributed by atoms with Gasteiger partial charge < -0.3 is 4.74 Å². The Hall–Kier alpha value is -2.30. The smallest absolute Gasteiger partial charge is 0.416 e. The zero-order chi connectivity index (χ0) is 15.5. The van der Waals surface area contributed by atoms with Gasteiger partial charge in [-0.1, -0.05) is 12.1 Å². The van der Waals surface area contributed by atoms with Crippen LogP contribution in [0.1, 0.15) is 22.8 Å². The molecule has 0 spiro atoms. The minimum Gasteiger partial charge on any atom is -0.494 e. The molecule has 0 aliphatic rings. The van der Waals surface area contributed by atoms with Crippen LogP contribution in [0.5, 0.6) is 5.75 Å². The summed E-state index contributed by atoms with van der Waals surface area (Å²) in [5, 5.41) is 0. The molecule has 0 radical (unpaired) electrons. The van der Waals surface area contributed by atoms with Gasteiger partial charge in [0.25, 0.3) is 0 Å². The van der Waals surface area contributed by atoms with E-state index < -0.39 is 11.7 Å². The molecule has 0 N–H and O–H groups in total. The van der Waals surface area contributed by atoms with Crippen LogP contribution in [-0.4, -0.2) is 12.9 Å². The highest BCUT2D eigenvalue weighted by Gasteiger charge is 2.30. The first-order valence-electron chi connectivity index (χ1n) is 6.34. The molecular weight excluding hydrogens is 281 g/mol. The minimum absolute atomic E-state index is 0.355. The van der Waals surface area contributed by atoms with Gasteiger partial charge in [-0.2, -0.15) is 13.2 Å². The fraction of sp³-hybridized carbons (Fsp3) is 0.188. The van der Waals surface area contributed by atoms with Crippen LogP contribution in [0.2, 0.25) is 0 Å². The molecule has 0 aliphatic heterocycles. The summed E-state index contributed by atoms with van der Waals surface area (Å²) in [6.45, 7) is 2.20. The normalized spacial score (nSPS) is 11.2. The Balaban J connectivity index is 2.50. The number of hydrogen-bond acceptors (Lipinski definition) is 2. The van der Waals surface area contributed by atoms with E-state index in [1.807, 2.05) is 0 Å². The summed E-state index contributed by atoms with van der Waals surface area (Å²) < 4.78 is 43.6. The van der Waals surface area contributed by atoms with Crippen molar-refractivity contribution in [3.63, 3.8) is 0 Å². The standard InChI is InChI=1S/C16H13F3O2/c1-2-21-15-7-11(10-20)6-13(9-15)12-4-3-5-14(8-12)16(17,18)19/h3-10H,2H2,1H3. The van der Waals surface area contributed by atoms with E-state index in [9.17, 15) is 18.0 Å². The number of halogens is 3. The molecule has 0 saturated carbocycles. The van der Waals surface area contributed by atoms with Gasteiger partial charge in [0, 0.05) is 5.56 Å². The van der Waals surface area contributed by atoms with Crippen molar-refractivity contribution in [2.75, 3.05) is 6.61 Å². The maximum atomic E-state index is 12.7. The molecule has 0 atom stereocenters. The summed E-state index contributed by atoms with van der Waals surface area (Å²) in [7, 11) is 0. The summed E-state index contributed by atoms with van der Waals surface area (Å²) >= 11 is 0. The summed E-state index contributed by atoms with van der Waals surface area (Å²) in [6, 6.07) is 9.67. The molecule has 0 saturated heterocycles. The monoisotopic (exact) mass is 294 g/mol. The number of alkyl halides is 3. The highest BCUT2D eigenvalue weighted by molar-refractivity contribution is 5.80. The molecule has 21 heavy (non-hydrogen) atoms. The van der Waals surface area contributed by atoms with Crippen LogP contribution >= 0.6 is 0 Å². The number of carbonyl (C=O) groups excluding carboxylic acids is 1. The van der Waals surface area contributed by atoms with Crippen molar-refractivity contribution >= 4 is 6.29 Å². The van der Waals surface area contributed by atoms with E-state index in [2.05, 4.69) is 0 Å². The molecule has 0 amide bonds. The summed E-state index contributed by atoms with van der Waals surface area (Å²) in [6.07, 6.45) is -3.76. The third-order valence-electron chi connectivity index (χ3n) is 2.90. The highest BCUT2D eigenvalue weighted by Crippen LogP contribution is 2.33. The first-order chi connectivity index (χ1) is 9.94. The van der Waals surface area contributed by atoms with E-state index in [4.69, 9.17) is 4.74 Å². The van der Waals surface area contributed by atoms with Crippen LogP contribution in [0.3, 0.4) is 0 Å². The number of rotatable bonds is 4. The Kier molecular flexibility index (Phi) is 4.31. The fourth-order valence-corrected chi connectivity index (χ4v) is 1.98. The molecule has 110 valence electrons. The molecular formula is C16H13F3O2. The van der Waals surface area contributed by atoms with Gasteiger partial charge in [0.2, 0.25) is 0 Å². The van der Waals surface area contributed by atoms with Crippen LogP contribution in [0.15, 0.2) is 42.5 Å². The Labute approximate surface area is 120 Å². The zero-order valence-corrected chi connectivity index (χ0v) is 11.3. The second-order valence-corrected chi connectivity index (χ2v) is 4.42. The van der Waals surface area contributed by atoms with Crippen molar-refractivity contribution in [3.05, 3.63) is 53.6 Å². The Morgan fingerprint density at radius 2 is 1.86 bits per heavy atom. The van der Waals surface area contributed by atoms with Gasteiger partial charge >= 0.3 is 6.18 Å². The number of ether oxygens (including phenoxy) is 1. The van der Waals surface area contributed by atoms with Crippen LogP contribution < -0.4 is 4.74 Å². The summed E-state index contributed by atoms with van der Waals surface area (Å²) in [5.41, 5.74) is 0.520. The minimum atomic E-state index is -4.40. The maximum absolute atomic E-state index is 12.7. The van der Waals surface area contributed by atoms with E-state index >= 15 is 0 Å². The largest absolute Gasteiger partial charge is 0.494 e. The van der Waals surface area contributed by atoms with E-state index in [0.29, 0.717) is 35.3 Å². The lowest BCUT2D eigenvalue weighted by Crippen LogP contribution is -2.04. The zero-order valence-electron chi connectivity index (χ0n) is 11.3. The first-order valence-corrected chi connectivity index (χ1v) is 6.34. The van der Waals surface area contributed by atoms with E-state index in [-0.39, 0.29) is 0 Å². The molecule has 0 bridgehead atoms. The van der Waals surface area contributed by atoms with Gasteiger partial charge in [-0.25, -0.2) is 0 Å². The van der Waals surface area contributed by atoms with E-state index in [1.54, 1.807) is 25.1 Å². The lowest BCUT2D eigenvalue weighted by Gasteiger charge is -2.11. The third kappa shape index (κ3) is 3.62. The molecule has 0 aliphatic carbocycles. The van der Waals surface area contributed by atoms with Crippen LogP contribution in [0.25, 0.3) is 11.1 Å². The van der Waals surface area contributed by atoms with Crippen molar-refractivity contribution in [1.82, 2.24) is 0 Å². The van der Waals surface area contributed by atoms with Gasteiger partial charge in [0.1, 0.15) is 12.0 Å². The van der Waals surface area contributed by atoms with Crippen LogP contribution in [-0.2, 0) is 6.18 Å². The van der Waals surface area contributed by atoms with Crippen molar-refractivity contribution < 1.29 is 22.7 Å². The predicted molar refractivity (Wildman–Crippen MR) is 73.4 cm³/mol. The van der Waals surface area contributed by atoms with E-state index in [1.165, 1.54) is 12.1 Å². The number of carbonyl (C=O) groups is 1. The Morgan fingerprint density at radius 3 is 2.48 bits per heavy atom. The molecule has 0 aromatic heterocycles. The van der Waals surface area contributed by atoms with Gasteiger partial charge in [-0.05, 0) is 48.4 Å². The molecule has 2 nitrogen and oxygen atoms in total. The van der Waals surface area contributed by atoms with Gasteiger partial charge in [-0.3, -0.25) is 4.79 Å². The van der Waals surface area contributed by atoms with Gasteiger partial charge in [0.05, 0.1) is 12.2 Å². The van der Waals surface area contributed by atoms with Gasteiger partial charge in [-0.15, -0.1) is 0 Å². The lowest BCUT2D eigenvalue weighted by molar-refractivity contribution is -0.137. The van der Waals surface area contributed by atoms with E-state index in [0.717, 1.165) is 12.1 Å². The average molecular weight is 294 g/mol. The van der Waals surface area contributed by atoms with Crippen molar-refractivity contribution in [2.24, 2.45) is 0 Å². The number of aldehydes is 1. The second-order valence-electron chi connectivity index (χ2n) is 4.42. The quantitative estimate of drug-likeness (QED) is 0.771. The SMILES string of the molecule is CCOc1cc(C=O)cc(-c2cccc(C(F)(F)F)c2)c1. The molecule has 2 aromatic rings. The molecule has 0 unspecified atom stereocenters. The highest BCUT2D eigenvalue weighted by atomic mass is 19.4. The van der Waals surface area contributed by atoms with Crippen molar-refractivity contribution in [2.45, 2.75) is 13.1 Å². The molecule has 2 rings (SSSR count). The number of hydrogen-bond donors (Lipinski definition) is 0.